The lowest BCUT2D eigenvalue weighted by atomic mass is 10.0. The number of esters is 1. The van der Waals surface area contributed by atoms with Gasteiger partial charge in [0.15, 0.2) is 0 Å². The van der Waals surface area contributed by atoms with Crippen molar-refractivity contribution in [2.45, 2.75) is 40.0 Å². The molecule has 0 atom stereocenters. The van der Waals surface area contributed by atoms with Crippen molar-refractivity contribution in [2.75, 3.05) is 13.2 Å². The predicted molar refractivity (Wildman–Crippen MR) is 78.5 cm³/mol. The van der Waals surface area contributed by atoms with E-state index in [0.29, 0.717) is 32.4 Å². The molecule has 0 unspecified atom stereocenters. The number of benzene rings is 1. The van der Waals surface area contributed by atoms with Crippen molar-refractivity contribution in [1.29, 1.82) is 0 Å². The molecule has 0 aliphatic rings. The van der Waals surface area contributed by atoms with Gasteiger partial charge in [0, 0.05) is 13.0 Å². The van der Waals surface area contributed by atoms with Crippen molar-refractivity contribution in [1.82, 2.24) is 5.32 Å². The highest BCUT2D eigenvalue weighted by Gasteiger charge is 2.07. The van der Waals surface area contributed by atoms with Gasteiger partial charge in [0.25, 0.3) is 0 Å². The number of rotatable bonds is 7. The molecular formula is C16H23NO3. The minimum atomic E-state index is -0.212. The summed E-state index contributed by atoms with van der Waals surface area (Å²) in [6.07, 6.45) is 1.34. The molecule has 1 N–H and O–H groups in total. The lowest BCUT2D eigenvalue weighted by molar-refractivity contribution is -0.143. The van der Waals surface area contributed by atoms with Gasteiger partial charge in [-0.15, -0.1) is 0 Å². The third-order valence-corrected chi connectivity index (χ3v) is 3.04. The zero-order valence-electron chi connectivity index (χ0n) is 12.5. The zero-order chi connectivity index (χ0) is 15.0. The third kappa shape index (κ3) is 5.87. The van der Waals surface area contributed by atoms with Crippen LogP contribution in [0.4, 0.5) is 0 Å². The molecule has 4 heteroatoms. The van der Waals surface area contributed by atoms with Crippen LogP contribution in [0.5, 0.6) is 0 Å². The largest absolute Gasteiger partial charge is 0.466 e. The van der Waals surface area contributed by atoms with Gasteiger partial charge in [0.1, 0.15) is 0 Å². The molecule has 1 aromatic rings. The summed E-state index contributed by atoms with van der Waals surface area (Å²) in [7, 11) is 0. The van der Waals surface area contributed by atoms with Gasteiger partial charge in [-0.1, -0.05) is 23.8 Å². The van der Waals surface area contributed by atoms with Gasteiger partial charge in [0.2, 0.25) is 5.91 Å². The molecule has 0 aromatic heterocycles. The summed E-state index contributed by atoms with van der Waals surface area (Å²) >= 11 is 0. The predicted octanol–water partition coefficient (Wildman–Crippen LogP) is 2.31. The van der Waals surface area contributed by atoms with E-state index in [0.717, 1.165) is 16.7 Å². The topological polar surface area (TPSA) is 55.4 Å². The maximum absolute atomic E-state index is 11.8. The number of hydrogen-bond acceptors (Lipinski definition) is 3. The van der Waals surface area contributed by atoms with Gasteiger partial charge in [-0.05, 0) is 38.3 Å². The first-order chi connectivity index (χ1) is 9.52. The van der Waals surface area contributed by atoms with Crippen molar-refractivity contribution >= 4 is 11.9 Å². The Morgan fingerprint density at radius 1 is 1.25 bits per heavy atom. The second-order valence-electron chi connectivity index (χ2n) is 4.87. The van der Waals surface area contributed by atoms with Gasteiger partial charge in [0.05, 0.1) is 13.0 Å². The van der Waals surface area contributed by atoms with Gasteiger partial charge < -0.3 is 10.1 Å². The van der Waals surface area contributed by atoms with Crippen molar-refractivity contribution in [3.8, 4) is 0 Å². The average Bonchev–Trinajstić information content (AvgIpc) is 2.39. The van der Waals surface area contributed by atoms with Crippen molar-refractivity contribution < 1.29 is 14.3 Å². The lowest BCUT2D eigenvalue weighted by Gasteiger charge is -2.08. The fourth-order valence-electron chi connectivity index (χ4n) is 1.92. The monoisotopic (exact) mass is 277 g/mol. The van der Waals surface area contributed by atoms with E-state index in [-0.39, 0.29) is 11.9 Å². The number of hydrogen-bond donors (Lipinski definition) is 1. The van der Waals surface area contributed by atoms with Crippen LogP contribution in [0.2, 0.25) is 0 Å². The highest BCUT2D eigenvalue weighted by molar-refractivity contribution is 5.79. The number of aryl methyl sites for hydroxylation is 2. The molecule has 0 spiro atoms. The van der Waals surface area contributed by atoms with Crippen LogP contribution in [-0.4, -0.2) is 25.0 Å². The minimum Gasteiger partial charge on any atom is -0.466 e. The quantitative estimate of drug-likeness (QED) is 0.614. The molecule has 0 aliphatic heterocycles. The summed E-state index contributed by atoms with van der Waals surface area (Å²) in [5.41, 5.74) is 3.32. The van der Waals surface area contributed by atoms with Crippen LogP contribution in [-0.2, 0) is 20.7 Å². The maximum Gasteiger partial charge on any atom is 0.305 e. The molecule has 0 heterocycles. The van der Waals surface area contributed by atoms with E-state index in [2.05, 4.69) is 5.32 Å². The van der Waals surface area contributed by atoms with E-state index in [1.54, 1.807) is 6.92 Å². The van der Waals surface area contributed by atoms with E-state index < -0.39 is 0 Å². The fraction of sp³-hybridized carbons (Fsp3) is 0.500. The summed E-state index contributed by atoms with van der Waals surface area (Å²) in [6.45, 7) is 6.70. The highest BCUT2D eigenvalue weighted by atomic mass is 16.5. The Hall–Kier alpha value is -1.84. The standard InChI is InChI=1S/C16H23NO3/c1-4-20-16(19)6-5-9-17-15(18)11-14-10-12(2)7-8-13(14)3/h7-8,10H,4-6,9,11H2,1-3H3,(H,17,18). The molecule has 0 fully saturated rings. The number of carbonyl (C=O) groups is 2. The summed E-state index contributed by atoms with van der Waals surface area (Å²) in [4.78, 5) is 22.9. The van der Waals surface area contributed by atoms with Gasteiger partial charge in [-0.3, -0.25) is 9.59 Å². The molecule has 4 nitrogen and oxygen atoms in total. The summed E-state index contributed by atoms with van der Waals surface area (Å²) in [5, 5.41) is 2.83. The molecule has 1 rings (SSSR count). The third-order valence-electron chi connectivity index (χ3n) is 3.04. The molecule has 0 saturated carbocycles. The first-order valence-corrected chi connectivity index (χ1v) is 7.01. The highest BCUT2D eigenvalue weighted by Crippen LogP contribution is 2.11. The maximum atomic E-state index is 11.8. The lowest BCUT2D eigenvalue weighted by Crippen LogP contribution is -2.26. The van der Waals surface area contributed by atoms with E-state index in [1.807, 2.05) is 32.0 Å². The first-order valence-electron chi connectivity index (χ1n) is 7.01. The van der Waals surface area contributed by atoms with Crippen molar-refractivity contribution in [3.05, 3.63) is 34.9 Å². The second kappa shape index (κ2) is 8.35. The van der Waals surface area contributed by atoms with Gasteiger partial charge >= 0.3 is 5.97 Å². The molecule has 1 aromatic carbocycles. The van der Waals surface area contributed by atoms with Crippen LogP contribution >= 0.6 is 0 Å². The summed E-state index contributed by atoms with van der Waals surface area (Å²) in [5.74, 6) is -0.223. The number of ether oxygens (including phenoxy) is 1. The molecule has 0 saturated heterocycles. The van der Waals surface area contributed by atoms with E-state index >= 15 is 0 Å². The average molecular weight is 277 g/mol. The molecular weight excluding hydrogens is 254 g/mol. The Morgan fingerprint density at radius 2 is 2.00 bits per heavy atom. The normalized spacial score (nSPS) is 10.2. The Labute approximate surface area is 120 Å². The van der Waals surface area contributed by atoms with Gasteiger partial charge in [-0.25, -0.2) is 0 Å². The molecule has 0 aliphatic carbocycles. The van der Waals surface area contributed by atoms with E-state index in [1.165, 1.54) is 0 Å². The smallest absolute Gasteiger partial charge is 0.305 e. The van der Waals surface area contributed by atoms with Crippen LogP contribution < -0.4 is 5.32 Å². The van der Waals surface area contributed by atoms with Crippen LogP contribution in [0.25, 0.3) is 0 Å². The first kappa shape index (κ1) is 16.2. The Bertz CT molecular complexity index is 469. The van der Waals surface area contributed by atoms with Gasteiger partial charge in [-0.2, -0.15) is 0 Å². The molecule has 1 amide bonds. The summed E-state index contributed by atoms with van der Waals surface area (Å²) in [6, 6.07) is 6.10. The van der Waals surface area contributed by atoms with Crippen LogP contribution in [0.3, 0.4) is 0 Å². The van der Waals surface area contributed by atoms with Crippen molar-refractivity contribution in [2.24, 2.45) is 0 Å². The summed E-state index contributed by atoms with van der Waals surface area (Å²) < 4.78 is 4.82. The number of carbonyl (C=O) groups excluding carboxylic acids is 2. The van der Waals surface area contributed by atoms with E-state index in [4.69, 9.17) is 4.74 Å². The number of amides is 1. The van der Waals surface area contributed by atoms with Crippen LogP contribution in [0.1, 0.15) is 36.5 Å². The SMILES string of the molecule is CCOC(=O)CCCNC(=O)Cc1cc(C)ccc1C. The zero-order valence-corrected chi connectivity index (χ0v) is 12.5. The molecule has 0 bridgehead atoms. The molecule has 110 valence electrons. The van der Waals surface area contributed by atoms with Crippen molar-refractivity contribution in [3.63, 3.8) is 0 Å². The fourth-order valence-corrected chi connectivity index (χ4v) is 1.92. The van der Waals surface area contributed by atoms with E-state index in [9.17, 15) is 9.59 Å². The van der Waals surface area contributed by atoms with Crippen LogP contribution in [0, 0.1) is 13.8 Å². The molecule has 0 radical (unpaired) electrons. The Morgan fingerprint density at radius 3 is 2.70 bits per heavy atom. The van der Waals surface area contributed by atoms with Crippen LogP contribution in [0.15, 0.2) is 18.2 Å². The molecule has 20 heavy (non-hydrogen) atoms. The second-order valence-corrected chi connectivity index (χ2v) is 4.87. The number of nitrogens with one attached hydrogen (secondary N) is 1. The minimum absolute atomic E-state index is 0.0115. The Kier molecular flexibility index (Phi) is 6.77. The Balaban J connectivity index is 2.30.